The molecule has 6 rings (SSSR count). The summed E-state index contributed by atoms with van der Waals surface area (Å²) in [6.45, 7) is 11.1. The van der Waals surface area contributed by atoms with Gasteiger partial charge in [-0.25, -0.2) is 9.97 Å². The van der Waals surface area contributed by atoms with Crippen molar-refractivity contribution in [3.8, 4) is 56.4 Å². The molecule has 0 fully saturated rings. The second-order valence-electron chi connectivity index (χ2n) is 11.8. The van der Waals surface area contributed by atoms with E-state index in [-0.39, 0.29) is 0 Å². The summed E-state index contributed by atoms with van der Waals surface area (Å²) in [5.74, 6) is 2.25. The molecule has 0 atom stereocenters. The van der Waals surface area contributed by atoms with E-state index in [9.17, 15) is 0 Å². The van der Waals surface area contributed by atoms with E-state index in [4.69, 9.17) is 9.72 Å². The molecule has 44 heavy (non-hydrogen) atoms. The topological polar surface area (TPSA) is 47.9 Å². The van der Waals surface area contributed by atoms with Crippen molar-refractivity contribution in [2.24, 2.45) is 0 Å². The Hall–Kier alpha value is -5.09. The first-order chi connectivity index (χ1) is 21.4. The predicted octanol–water partition coefficient (Wildman–Crippen LogP) is 10.9. The summed E-state index contributed by atoms with van der Waals surface area (Å²) in [7, 11) is 0. The van der Waals surface area contributed by atoms with E-state index in [0.717, 1.165) is 56.5 Å². The summed E-state index contributed by atoms with van der Waals surface area (Å²) in [6.07, 6.45) is 1.62. The van der Waals surface area contributed by atoms with Gasteiger partial charge in [-0.3, -0.25) is 4.98 Å². The molecule has 0 radical (unpaired) electrons. The zero-order valence-electron chi connectivity index (χ0n) is 26.0. The molecule has 0 bridgehead atoms. The van der Waals surface area contributed by atoms with E-state index in [2.05, 4.69) is 104 Å². The van der Waals surface area contributed by atoms with Gasteiger partial charge in [0.25, 0.3) is 0 Å². The van der Waals surface area contributed by atoms with Gasteiger partial charge in [0.2, 0.25) is 0 Å². The van der Waals surface area contributed by atoms with Crippen LogP contribution >= 0.6 is 0 Å². The summed E-state index contributed by atoms with van der Waals surface area (Å²) < 4.78 is 6.64. The quantitative estimate of drug-likeness (QED) is 0.181. The van der Waals surface area contributed by atoms with Crippen molar-refractivity contribution in [1.29, 1.82) is 0 Å². The number of aromatic nitrogens is 3. The molecule has 218 valence electrons. The van der Waals surface area contributed by atoms with Gasteiger partial charge in [-0.15, -0.1) is 0 Å². The average Bonchev–Trinajstić information content (AvgIpc) is 3.05. The van der Waals surface area contributed by atoms with Crippen molar-refractivity contribution in [2.45, 2.75) is 46.5 Å². The van der Waals surface area contributed by atoms with E-state index in [1.807, 2.05) is 55.5 Å². The van der Waals surface area contributed by atoms with E-state index in [1.165, 1.54) is 16.7 Å². The lowest BCUT2D eigenvalue weighted by Crippen LogP contribution is -2.00. The van der Waals surface area contributed by atoms with Crippen molar-refractivity contribution < 1.29 is 4.74 Å². The van der Waals surface area contributed by atoms with Gasteiger partial charge in [-0.05, 0) is 89.5 Å². The summed E-state index contributed by atoms with van der Waals surface area (Å²) in [4.78, 5) is 13.9. The van der Waals surface area contributed by atoms with Crippen LogP contribution in [0.3, 0.4) is 0 Å². The molecule has 6 aromatic rings. The molecule has 4 heteroatoms. The van der Waals surface area contributed by atoms with Crippen LogP contribution in [-0.4, -0.2) is 15.0 Å². The van der Waals surface area contributed by atoms with Crippen LogP contribution in [0.4, 0.5) is 0 Å². The molecule has 0 spiro atoms. The van der Waals surface area contributed by atoms with Gasteiger partial charge < -0.3 is 4.74 Å². The molecular formula is C40H37N3O. The van der Waals surface area contributed by atoms with Crippen LogP contribution in [-0.2, 0) is 0 Å². The molecule has 0 unspecified atom stereocenters. The fourth-order valence-corrected chi connectivity index (χ4v) is 5.68. The van der Waals surface area contributed by atoms with Crippen LogP contribution in [0.15, 0.2) is 122 Å². The molecule has 4 nitrogen and oxygen atoms in total. The Labute approximate surface area is 260 Å². The number of aryl methyl sites for hydroxylation is 1. The fourth-order valence-electron chi connectivity index (χ4n) is 5.68. The van der Waals surface area contributed by atoms with Crippen molar-refractivity contribution in [2.75, 3.05) is 0 Å². The van der Waals surface area contributed by atoms with Crippen molar-refractivity contribution in [3.05, 3.63) is 138 Å². The molecule has 0 N–H and O–H groups in total. The molecule has 0 amide bonds. The van der Waals surface area contributed by atoms with Gasteiger partial charge in [0.1, 0.15) is 17.8 Å². The Bertz CT molecular complexity index is 1880. The number of benzene rings is 4. The van der Waals surface area contributed by atoms with Gasteiger partial charge in [0, 0.05) is 22.4 Å². The van der Waals surface area contributed by atoms with E-state index in [0.29, 0.717) is 11.8 Å². The lowest BCUT2D eigenvalue weighted by atomic mass is 9.84. The molecule has 0 aliphatic heterocycles. The van der Waals surface area contributed by atoms with Crippen molar-refractivity contribution in [3.63, 3.8) is 0 Å². The number of nitrogens with zero attached hydrogens (tertiary/aromatic N) is 3. The van der Waals surface area contributed by atoms with Gasteiger partial charge >= 0.3 is 0 Å². The first-order valence-electron chi connectivity index (χ1n) is 15.2. The number of pyridine rings is 1. The summed E-state index contributed by atoms with van der Waals surface area (Å²) >= 11 is 0. The maximum atomic E-state index is 6.64. The van der Waals surface area contributed by atoms with Crippen molar-refractivity contribution in [1.82, 2.24) is 15.0 Å². The van der Waals surface area contributed by atoms with Gasteiger partial charge in [-0.2, -0.15) is 0 Å². The zero-order valence-corrected chi connectivity index (χ0v) is 26.0. The highest BCUT2D eigenvalue weighted by molar-refractivity contribution is 5.79. The fraction of sp³-hybridized carbons (Fsp3) is 0.175. The highest BCUT2D eigenvalue weighted by atomic mass is 16.5. The van der Waals surface area contributed by atoms with Crippen LogP contribution in [0, 0.1) is 6.92 Å². The normalized spacial score (nSPS) is 11.2. The van der Waals surface area contributed by atoms with Crippen LogP contribution < -0.4 is 4.74 Å². The lowest BCUT2D eigenvalue weighted by molar-refractivity contribution is 0.483. The third-order valence-corrected chi connectivity index (χ3v) is 7.85. The Morgan fingerprint density at radius 2 is 1.11 bits per heavy atom. The molecule has 0 aliphatic rings. The third-order valence-electron chi connectivity index (χ3n) is 7.85. The van der Waals surface area contributed by atoms with Crippen molar-refractivity contribution >= 4 is 0 Å². The summed E-state index contributed by atoms with van der Waals surface area (Å²) in [6, 6.07) is 39.6. The van der Waals surface area contributed by atoms with Gasteiger partial charge in [-0.1, -0.05) is 94.4 Å². The van der Waals surface area contributed by atoms with Gasteiger partial charge in [0.15, 0.2) is 0 Å². The molecule has 0 aliphatic carbocycles. The smallest absolute Gasteiger partial charge is 0.128 e. The number of hydrogen-bond acceptors (Lipinski definition) is 4. The molecule has 0 saturated heterocycles. The van der Waals surface area contributed by atoms with E-state index >= 15 is 0 Å². The minimum absolute atomic E-state index is 0.374. The average molecular weight is 576 g/mol. The number of ether oxygens (including phenoxy) is 1. The highest BCUT2D eigenvalue weighted by Crippen LogP contribution is 2.40. The van der Waals surface area contributed by atoms with E-state index in [1.54, 1.807) is 6.33 Å². The number of hydrogen-bond donors (Lipinski definition) is 0. The lowest BCUT2D eigenvalue weighted by Gasteiger charge is -2.21. The first kappa shape index (κ1) is 29.0. The maximum Gasteiger partial charge on any atom is 0.128 e. The SMILES string of the molecule is Cc1cccc(-c2cc(Oc3cccc(-c4cc(-c5ccccc5)ncn4)c3)cc(-c3c(C(C)C)cccc3C(C)C)c2)n1. The van der Waals surface area contributed by atoms with Gasteiger partial charge in [0.05, 0.1) is 17.1 Å². The zero-order chi connectivity index (χ0) is 30.6. The number of rotatable bonds is 8. The minimum Gasteiger partial charge on any atom is -0.457 e. The Kier molecular flexibility index (Phi) is 8.33. The van der Waals surface area contributed by atoms with Crippen LogP contribution in [0.1, 0.15) is 56.4 Å². The first-order valence-corrected chi connectivity index (χ1v) is 15.2. The second-order valence-corrected chi connectivity index (χ2v) is 11.8. The summed E-state index contributed by atoms with van der Waals surface area (Å²) in [5.41, 5.74) is 11.7. The third kappa shape index (κ3) is 6.30. The molecule has 4 aromatic carbocycles. The predicted molar refractivity (Wildman–Crippen MR) is 181 cm³/mol. The standard InChI is InChI=1S/C40H37N3O/c1-26(2)35-17-11-18-36(27(3)4)40(35)32-20-31(37-19-9-12-28(5)43-37)22-34(23-32)44-33-16-10-15-30(21-33)39-24-38(41-25-42-39)29-13-7-6-8-14-29/h6-27H,1-5H3. The van der Waals surface area contributed by atoms with E-state index < -0.39 is 0 Å². The monoisotopic (exact) mass is 575 g/mol. The Balaban J connectivity index is 1.44. The van der Waals surface area contributed by atoms with Crippen LogP contribution in [0.2, 0.25) is 0 Å². The van der Waals surface area contributed by atoms with Crippen LogP contribution in [0.25, 0.3) is 44.9 Å². The van der Waals surface area contributed by atoms with Crippen LogP contribution in [0.5, 0.6) is 11.5 Å². The largest absolute Gasteiger partial charge is 0.457 e. The Morgan fingerprint density at radius 1 is 0.500 bits per heavy atom. The molecule has 2 aromatic heterocycles. The minimum atomic E-state index is 0.374. The molecular weight excluding hydrogens is 538 g/mol. The maximum absolute atomic E-state index is 6.64. The summed E-state index contributed by atoms with van der Waals surface area (Å²) in [5, 5.41) is 0. The Morgan fingerprint density at radius 3 is 1.82 bits per heavy atom. The molecule has 2 heterocycles. The highest BCUT2D eigenvalue weighted by Gasteiger charge is 2.18. The second kappa shape index (κ2) is 12.6. The molecule has 0 saturated carbocycles.